The number of benzene rings is 3. The highest BCUT2D eigenvalue weighted by Crippen LogP contribution is 2.46. The van der Waals surface area contributed by atoms with Gasteiger partial charge in [-0.25, -0.2) is 0 Å². The summed E-state index contributed by atoms with van der Waals surface area (Å²) in [5.41, 5.74) is 2.59. The molecule has 0 bridgehead atoms. The van der Waals surface area contributed by atoms with E-state index in [0.29, 0.717) is 11.3 Å². The monoisotopic (exact) mass is 520 g/mol. The van der Waals surface area contributed by atoms with Gasteiger partial charge < -0.3 is 19.8 Å². The molecular weight excluding hydrogens is 492 g/mol. The van der Waals surface area contributed by atoms with Crippen molar-refractivity contribution in [2.75, 3.05) is 30.0 Å². The largest absolute Gasteiger partial charge is 0.507 e. The van der Waals surface area contributed by atoms with Crippen LogP contribution in [0.4, 0.5) is 11.4 Å². The highest BCUT2D eigenvalue weighted by Gasteiger charge is 2.48. The van der Waals surface area contributed by atoms with E-state index in [9.17, 15) is 19.8 Å². The van der Waals surface area contributed by atoms with Gasteiger partial charge in [0.2, 0.25) is 0 Å². The summed E-state index contributed by atoms with van der Waals surface area (Å²) in [5, 5.41) is 22.3. The molecule has 1 heterocycles. The number of anilines is 2. The highest BCUT2D eigenvalue weighted by atomic mass is 35.5. The summed E-state index contributed by atoms with van der Waals surface area (Å²) >= 11 is 6.39. The minimum atomic E-state index is -0.999. The van der Waals surface area contributed by atoms with Crippen molar-refractivity contribution >= 4 is 40.4 Å². The normalized spacial score (nSPS) is 16.8. The van der Waals surface area contributed by atoms with Crippen LogP contribution in [-0.4, -0.2) is 42.1 Å². The number of hydrogen-bond donors (Lipinski definition) is 2. The van der Waals surface area contributed by atoms with E-state index in [2.05, 4.69) is 18.7 Å². The first-order chi connectivity index (χ1) is 17.7. The van der Waals surface area contributed by atoms with Gasteiger partial charge in [-0.15, -0.1) is 0 Å². The zero-order valence-electron chi connectivity index (χ0n) is 21.2. The van der Waals surface area contributed by atoms with E-state index < -0.39 is 23.5 Å². The molecule has 7 nitrogen and oxygen atoms in total. The van der Waals surface area contributed by atoms with Crippen molar-refractivity contribution < 1.29 is 24.5 Å². The molecule has 192 valence electrons. The van der Waals surface area contributed by atoms with E-state index in [1.165, 1.54) is 24.1 Å². The fourth-order valence-corrected chi connectivity index (χ4v) is 4.84. The molecular formula is C29H29ClN2O5. The maximum Gasteiger partial charge on any atom is 0.300 e. The third-order valence-electron chi connectivity index (χ3n) is 6.60. The molecule has 1 aliphatic rings. The van der Waals surface area contributed by atoms with Crippen molar-refractivity contribution in [3.05, 3.63) is 87.9 Å². The van der Waals surface area contributed by atoms with E-state index in [0.717, 1.165) is 24.3 Å². The molecule has 0 aromatic heterocycles. The molecule has 1 atom stereocenters. The summed E-state index contributed by atoms with van der Waals surface area (Å²) in [6.07, 6.45) is 0. The van der Waals surface area contributed by atoms with Crippen LogP contribution < -0.4 is 14.5 Å². The van der Waals surface area contributed by atoms with Crippen molar-refractivity contribution in [3.63, 3.8) is 0 Å². The number of hydrogen-bond acceptors (Lipinski definition) is 6. The first-order valence-corrected chi connectivity index (χ1v) is 12.4. The Balaban J connectivity index is 1.96. The van der Waals surface area contributed by atoms with Gasteiger partial charge in [0.15, 0.2) is 0 Å². The fourth-order valence-electron chi connectivity index (χ4n) is 4.64. The number of aryl methyl sites for hydroxylation is 1. The number of phenols is 1. The average Bonchev–Trinajstić information content (AvgIpc) is 3.16. The summed E-state index contributed by atoms with van der Waals surface area (Å²) in [7, 11) is 1.48. The zero-order valence-corrected chi connectivity index (χ0v) is 21.9. The predicted molar refractivity (Wildman–Crippen MR) is 146 cm³/mol. The van der Waals surface area contributed by atoms with Crippen molar-refractivity contribution in [1.29, 1.82) is 0 Å². The molecule has 1 saturated heterocycles. The zero-order chi connectivity index (χ0) is 26.9. The standard InChI is InChI=1S/C29H29ClN2O5/c1-5-31(6-2)19-10-8-18(9-11-19)26-25(27(34)21-16-20(37-4)12-13-22(21)30)28(35)29(36)32(26)23-15-17(3)7-14-24(23)33/h7-16,26,33-34H,5-6H2,1-4H3/b27-25+. The third-order valence-corrected chi connectivity index (χ3v) is 6.93. The summed E-state index contributed by atoms with van der Waals surface area (Å²) in [4.78, 5) is 30.3. The van der Waals surface area contributed by atoms with Crippen LogP contribution in [0.2, 0.25) is 5.02 Å². The first kappa shape index (κ1) is 26.1. The van der Waals surface area contributed by atoms with Gasteiger partial charge in [-0.1, -0.05) is 29.8 Å². The SMILES string of the molecule is CCN(CC)c1ccc(C2/C(=C(\O)c3cc(OC)ccc3Cl)C(=O)C(=O)N2c2cc(C)ccc2O)cc1. The lowest BCUT2D eigenvalue weighted by atomic mass is 9.94. The Morgan fingerprint density at radius 1 is 1.03 bits per heavy atom. The Morgan fingerprint density at radius 2 is 1.70 bits per heavy atom. The molecule has 37 heavy (non-hydrogen) atoms. The van der Waals surface area contributed by atoms with Gasteiger partial charge in [-0.2, -0.15) is 0 Å². The molecule has 0 radical (unpaired) electrons. The van der Waals surface area contributed by atoms with Gasteiger partial charge in [0.1, 0.15) is 17.3 Å². The number of carbonyl (C=O) groups is 2. The second kappa shape index (κ2) is 10.6. The number of methoxy groups -OCH3 is 1. The van der Waals surface area contributed by atoms with E-state index in [-0.39, 0.29) is 27.6 Å². The lowest BCUT2D eigenvalue weighted by Crippen LogP contribution is -2.29. The number of aromatic hydroxyl groups is 1. The number of rotatable bonds is 7. The molecule has 1 unspecified atom stereocenters. The highest BCUT2D eigenvalue weighted by molar-refractivity contribution is 6.52. The number of carbonyl (C=O) groups excluding carboxylic acids is 2. The molecule has 1 aliphatic heterocycles. The van der Waals surface area contributed by atoms with Crippen LogP contribution in [0.3, 0.4) is 0 Å². The van der Waals surface area contributed by atoms with Crippen molar-refractivity contribution in [2.45, 2.75) is 26.8 Å². The van der Waals surface area contributed by atoms with Crippen LogP contribution in [0.25, 0.3) is 5.76 Å². The van der Waals surface area contributed by atoms with Crippen LogP contribution in [0, 0.1) is 6.92 Å². The maximum absolute atomic E-state index is 13.4. The quantitative estimate of drug-likeness (QED) is 0.231. The third kappa shape index (κ3) is 4.74. The van der Waals surface area contributed by atoms with Crippen LogP contribution in [0.15, 0.2) is 66.2 Å². The second-order valence-corrected chi connectivity index (χ2v) is 9.18. The Bertz CT molecular complexity index is 1380. The number of aliphatic hydroxyl groups excluding tert-OH is 1. The van der Waals surface area contributed by atoms with Crippen molar-refractivity contribution in [1.82, 2.24) is 0 Å². The number of nitrogens with zero attached hydrogens (tertiary/aromatic N) is 2. The Morgan fingerprint density at radius 3 is 2.32 bits per heavy atom. The molecule has 8 heteroatoms. The number of amides is 1. The fraction of sp³-hybridized carbons (Fsp3) is 0.241. The van der Waals surface area contributed by atoms with Crippen LogP contribution in [-0.2, 0) is 9.59 Å². The number of Topliss-reactive ketones (excluding diaryl/α,β-unsaturated/α-hetero) is 1. The first-order valence-electron chi connectivity index (χ1n) is 12.0. The van der Waals surface area contributed by atoms with Gasteiger partial charge in [-0.05, 0) is 74.4 Å². The van der Waals surface area contributed by atoms with Crippen molar-refractivity contribution in [3.8, 4) is 11.5 Å². The smallest absolute Gasteiger partial charge is 0.300 e. The predicted octanol–water partition coefficient (Wildman–Crippen LogP) is 5.84. The lowest BCUT2D eigenvalue weighted by molar-refractivity contribution is -0.132. The Hall–Kier alpha value is -3.97. The second-order valence-electron chi connectivity index (χ2n) is 8.77. The van der Waals surface area contributed by atoms with E-state index >= 15 is 0 Å². The number of ether oxygens (including phenoxy) is 1. The summed E-state index contributed by atoms with van der Waals surface area (Å²) in [6, 6.07) is 16.0. The van der Waals surface area contributed by atoms with Crippen LogP contribution in [0.1, 0.15) is 36.6 Å². The molecule has 1 fully saturated rings. The Kier molecular flexibility index (Phi) is 7.45. The van der Waals surface area contributed by atoms with Crippen molar-refractivity contribution in [2.24, 2.45) is 0 Å². The van der Waals surface area contributed by atoms with Gasteiger partial charge in [0.05, 0.1) is 29.4 Å². The number of ketones is 1. The molecule has 2 N–H and O–H groups in total. The van der Waals surface area contributed by atoms with Crippen LogP contribution >= 0.6 is 11.6 Å². The number of phenolic OH excluding ortho intramolecular Hbond substituents is 1. The van der Waals surface area contributed by atoms with Gasteiger partial charge in [0.25, 0.3) is 11.7 Å². The number of aliphatic hydroxyl groups is 1. The number of halogens is 1. The topological polar surface area (TPSA) is 90.3 Å². The summed E-state index contributed by atoms with van der Waals surface area (Å²) in [6.45, 7) is 7.58. The van der Waals surface area contributed by atoms with Gasteiger partial charge >= 0.3 is 0 Å². The minimum Gasteiger partial charge on any atom is -0.507 e. The average molecular weight is 521 g/mol. The summed E-state index contributed by atoms with van der Waals surface area (Å²) in [5.74, 6) is -1.89. The maximum atomic E-state index is 13.4. The summed E-state index contributed by atoms with van der Waals surface area (Å²) < 4.78 is 5.27. The Labute approximate surface area is 221 Å². The molecule has 3 aromatic rings. The molecule has 4 rings (SSSR count). The molecule has 0 aliphatic carbocycles. The van der Waals surface area contributed by atoms with E-state index in [1.54, 1.807) is 24.3 Å². The lowest BCUT2D eigenvalue weighted by Gasteiger charge is -2.27. The molecule has 0 spiro atoms. The molecule has 1 amide bonds. The van der Waals surface area contributed by atoms with Crippen LogP contribution in [0.5, 0.6) is 11.5 Å². The minimum absolute atomic E-state index is 0.128. The molecule has 3 aromatic carbocycles. The van der Waals surface area contributed by atoms with Gasteiger partial charge in [0, 0.05) is 24.3 Å². The van der Waals surface area contributed by atoms with E-state index in [1.807, 2.05) is 31.2 Å². The van der Waals surface area contributed by atoms with E-state index in [4.69, 9.17) is 16.3 Å². The molecule has 0 saturated carbocycles. The van der Waals surface area contributed by atoms with Gasteiger partial charge in [-0.3, -0.25) is 14.5 Å².